The molecule has 1 atom stereocenters. The summed E-state index contributed by atoms with van der Waals surface area (Å²) < 4.78 is 13.6. The molecule has 2 rings (SSSR count). The molecule has 1 heterocycles. The minimum absolute atomic E-state index is 0.0249. The van der Waals surface area contributed by atoms with Crippen molar-refractivity contribution in [3.8, 4) is 0 Å². The average Bonchev–Trinajstić information content (AvgIpc) is 2.58. The number of amides is 1. The Morgan fingerprint density at radius 2 is 2.24 bits per heavy atom. The molecule has 0 spiro atoms. The number of aromatic carboxylic acids is 1. The van der Waals surface area contributed by atoms with Crippen LogP contribution in [0.2, 0.25) is 0 Å². The lowest BCUT2D eigenvalue weighted by atomic mass is 10.2. The number of benzene rings is 1. The van der Waals surface area contributed by atoms with E-state index >= 15 is 0 Å². The Morgan fingerprint density at radius 1 is 1.53 bits per heavy atom. The summed E-state index contributed by atoms with van der Waals surface area (Å²) in [7, 11) is 0. The van der Waals surface area contributed by atoms with Crippen molar-refractivity contribution in [3.63, 3.8) is 0 Å². The Kier molecular flexibility index (Phi) is 3.15. The zero-order chi connectivity index (χ0) is 12.6. The van der Waals surface area contributed by atoms with Crippen molar-refractivity contribution in [1.29, 1.82) is 0 Å². The van der Waals surface area contributed by atoms with Crippen molar-refractivity contribution >= 4 is 33.5 Å². The van der Waals surface area contributed by atoms with Gasteiger partial charge >= 0.3 is 5.97 Å². The lowest BCUT2D eigenvalue weighted by Gasteiger charge is -2.17. The van der Waals surface area contributed by atoms with Gasteiger partial charge in [-0.3, -0.25) is 4.79 Å². The van der Waals surface area contributed by atoms with Gasteiger partial charge in [-0.25, -0.2) is 9.18 Å². The van der Waals surface area contributed by atoms with Crippen molar-refractivity contribution in [3.05, 3.63) is 29.6 Å². The van der Waals surface area contributed by atoms with E-state index < -0.39 is 11.8 Å². The molecule has 0 aromatic heterocycles. The summed E-state index contributed by atoms with van der Waals surface area (Å²) in [6.45, 7) is 0.346. The molecule has 1 saturated heterocycles. The van der Waals surface area contributed by atoms with E-state index in [9.17, 15) is 14.0 Å². The van der Waals surface area contributed by atoms with Crippen LogP contribution < -0.4 is 4.90 Å². The van der Waals surface area contributed by atoms with Gasteiger partial charge in [0.15, 0.2) is 0 Å². The van der Waals surface area contributed by atoms with Gasteiger partial charge in [0.25, 0.3) is 0 Å². The molecule has 1 aromatic rings. The third kappa shape index (κ3) is 2.31. The molecule has 4 nitrogen and oxygen atoms in total. The third-order valence-corrected chi connectivity index (χ3v) is 3.18. The highest BCUT2D eigenvalue weighted by atomic mass is 79.9. The van der Waals surface area contributed by atoms with E-state index in [0.717, 1.165) is 6.07 Å². The van der Waals surface area contributed by atoms with Gasteiger partial charge in [-0.15, -0.1) is 0 Å². The molecule has 1 N–H and O–H groups in total. The lowest BCUT2D eigenvalue weighted by molar-refractivity contribution is -0.117. The number of carbonyl (C=O) groups is 2. The molecule has 1 aliphatic rings. The smallest absolute Gasteiger partial charge is 0.335 e. The van der Waals surface area contributed by atoms with E-state index in [1.807, 2.05) is 0 Å². The number of hydrogen-bond acceptors (Lipinski definition) is 2. The zero-order valence-electron chi connectivity index (χ0n) is 8.69. The minimum Gasteiger partial charge on any atom is -0.478 e. The topological polar surface area (TPSA) is 57.6 Å². The molecule has 0 radical (unpaired) electrons. The van der Waals surface area contributed by atoms with Crippen molar-refractivity contribution in [2.45, 2.75) is 11.2 Å². The first-order chi connectivity index (χ1) is 7.99. The van der Waals surface area contributed by atoms with Crippen LogP contribution >= 0.6 is 15.9 Å². The first-order valence-corrected chi connectivity index (χ1v) is 5.88. The number of hydrogen-bond donors (Lipinski definition) is 1. The summed E-state index contributed by atoms with van der Waals surface area (Å²) in [6.07, 6.45) is 0.288. The van der Waals surface area contributed by atoms with Crippen molar-refractivity contribution in [1.82, 2.24) is 0 Å². The Bertz CT molecular complexity index is 492. The fraction of sp³-hybridized carbons (Fsp3) is 0.273. The number of halogens is 2. The first kappa shape index (κ1) is 12.0. The summed E-state index contributed by atoms with van der Waals surface area (Å²) in [4.78, 5) is 23.6. The zero-order valence-corrected chi connectivity index (χ0v) is 10.3. The molecule has 1 aliphatic heterocycles. The number of alkyl halides is 1. The SMILES string of the molecule is O=C(O)c1ccc(F)c(N2CC(Br)CC2=O)c1. The maximum absolute atomic E-state index is 13.6. The number of nitrogens with zero attached hydrogens (tertiary/aromatic N) is 1. The molecule has 1 unspecified atom stereocenters. The molecular weight excluding hydrogens is 293 g/mol. The van der Waals surface area contributed by atoms with E-state index in [-0.39, 0.29) is 28.4 Å². The van der Waals surface area contributed by atoms with Crippen molar-refractivity contribution < 1.29 is 19.1 Å². The highest BCUT2D eigenvalue weighted by Gasteiger charge is 2.30. The Morgan fingerprint density at radius 3 is 2.76 bits per heavy atom. The largest absolute Gasteiger partial charge is 0.478 e. The number of carbonyl (C=O) groups excluding carboxylic acids is 1. The molecule has 0 bridgehead atoms. The standard InChI is InChI=1S/C11H9BrFNO3/c12-7-4-10(15)14(5-7)9-3-6(11(16)17)1-2-8(9)13/h1-3,7H,4-5H2,(H,16,17). The van der Waals surface area contributed by atoms with E-state index in [1.165, 1.54) is 17.0 Å². The normalized spacial score (nSPS) is 19.8. The van der Waals surface area contributed by atoms with Crippen LogP contribution in [0.25, 0.3) is 0 Å². The van der Waals surface area contributed by atoms with E-state index in [2.05, 4.69) is 15.9 Å². The predicted octanol–water partition coefficient (Wildman–Crippen LogP) is 2.02. The van der Waals surface area contributed by atoms with Crippen LogP contribution in [0.3, 0.4) is 0 Å². The van der Waals surface area contributed by atoms with Gasteiger partial charge in [0.2, 0.25) is 5.91 Å². The second kappa shape index (κ2) is 4.44. The second-order valence-electron chi connectivity index (χ2n) is 3.78. The summed E-state index contributed by atoms with van der Waals surface area (Å²) in [5.74, 6) is -1.95. The summed E-state index contributed by atoms with van der Waals surface area (Å²) in [5.41, 5.74) is -0.0101. The van der Waals surface area contributed by atoms with Crippen LogP contribution in [-0.2, 0) is 4.79 Å². The average molecular weight is 302 g/mol. The monoisotopic (exact) mass is 301 g/mol. The van der Waals surface area contributed by atoms with Crippen LogP contribution in [0.5, 0.6) is 0 Å². The van der Waals surface area contributed by atoms with Gasteiger partial charge in [0, 0.05) is 17.8 Å². The Labute approximate surface area is 105 Å². The molecule has 0 aliphatic carbocycles. The van der Waals surface area contributed by atoms with Gasteiger partial charge < -0.3 is 10.0 Å². The summed E-state index contributed by atoms with van der Waals surface area (Å²) in [5, 5.41) is 8.83. The summed E-state index contributed by atoms with van der Waals surface area (Å²) >= 11 is 3.29. The van der Waals surface area contributed by atoms with Crippen LogP contribution in [0, 0.1) is 5.82 Å². The van der Waals surface area contributed by atoms with Gasteiger partial charge in [0.1, 0.15) is 5.82 Å². The number of anilines is 1. The fourth-order valence-electron chi connectivity index (χ4n) is 1.75. The lowest BCUT2D eigenvalue weighted by Crippen LogP contribution is -2.25. The maximum Gasteiger partial charge on any atom is 0.335 e. The Hall–Kier alpha value is -1.43. The van der Waals surface area contributed by atoms with Crippen LogP contribution in [0.15, 0.2) is 18.2 Å². The number of carboxylic acid groups (broad SMARTS) is 1. The highest BCUT2D eigenvalue weighted by Crippen LogP contribution is 2.28. The van der Waals surface area contributed by atoms with Crippen molar-refractivity contribution in [2.75, 3.05) is 11.4 Å². The van der Waals surface area contributed by atoms with E-state index in [0.29, 0.717) is 6.54 Å². The van der Waals surface area contributed by atoms with E-state index in [1.54, 1.807) is 0 Å². The molecule has 17 heavy (non-hydrogen) atoms. The van der Waals surface area contributed by atoms with Crippen LogP contribution in [0.1, 0.15) is 16.8 Å². The molecule has 1 fully saturated rings. The van der Waals surface area contributed by atoms with Crippen LogP contribution in [0.4, 0.5) is 10.1 Å². The van der Waals surface area contributed by atoms with Gasteiger partial charge in [0.05, 0.1) is 11.3 Å². The minimum atomic E-state index is -1.15. The first-order valence-electron chi connectivity index (χ1n) is 4.96. The molecule has 90 valence electrons. The molecule has 6 heteroatoms. The van der Waals surface area contributed by atoms with Crippen LogP contribution in [-0.4, -0.2) is 28.4 Å². The maximum atomic E-state index is 13.6. The second-order valence-corrected chi connectivity index (χ2v) is 5.07. The predicted molar refractivity (Wildman–Crippen MR) is 63.0 cm³/mol. The van der Waals surface area contributed by atoms with Gasteiger partial charge in [-0.05, 0) is 18.2 Å². The van der Waals surface area contributed by atoms with E-state index in [4.69, 9.17) is 5.11 Å². The third-order valence-electron chi connectivity index (χ3n) is 2.56. The van der Waals surface area contributed by atoms with Crippen molar-refractivity contribution in [2.24, 2.45) is 0 Å². The molecular formula is C11H9BrFNO3. The fourth-order valence-corrected chi connectivity index (χ4v) is 2.32. The van der Waals surface area contributed by atoms with Gasteiger partial charge in [-0.1, -0.05) is 15.9 Å². The quantitative estimate of drug-likeness (QED) is 0.850. The molecule has 0 saturated carbocycles. The summed E-state index contributed by atoms with van der Waals surface area (Å²) in [6, 6.07) is 3.42. The highest BCUT2D eigenvalue weighted by molar-refractivity contribution is 9.09. The number of carboxylic acids is 1. The number of rotatable bonds is 2. The molecule has 1 aromatic carbocycles. The Balaban J connectivity index is 2.41. The van der Waals surface area contributed by atoms with Gasteiger partial charge in [-0.2, -0.15) is 0 Å². The molecule has 1 amide bonds.